The second-order valence-electron chi connectivity index (χ2n) is 7.75. The Labute approximate surface area is 177 Å². The second kappa shape index (κ2) is 9.57. The van der Waals surface area contributed by atoms with Gasteiger partial charge in [0, 0.05) is 31.3 Å². The molecule has 0 fully saturated rings. The molecule has 1 aliphatic rings. The topological polar surface area (TPSA) is 71.1 Å². The zero-order chi connectivity index (χ0) is 20.8. The number of aromatic nitrogens is 3. The van der Waals surface area contributed by atoms with Crippen LogP contribution in [0.1, 0.15) is 47.5 Å². The highest BCUT2D eigenvalue weighted by molar-refractivity contribution is 5.76. The van der Waals surface area contributed by atoms with Gasteiger partial charge in [-0.05, 0) is 61.1 Å². The molecule has 1 amide bonds. The predicted molar refractivity (Wildman–Crippen MR) is 115 cm³/mol. The number of benzene rings is 1. The van der Waals surface area contributed by atoms with Crippen LogP contribution in [0.4, 0.5) is 0 Å². The van der Waals surface area contributed by atoms with E-state index >= 15 is 0 Å². The molecule has 1 N–H and O–H groups in total. The molecule has 0 saturated carbocycles. The van der Waals surface area contributed by atoms with Crippen LogP contribution < -0.4 is 4.74 Å². The number of hydrogen-bond acceptors (Lipinski definition) is 4. The summed E-state index contributed by atoms with van der Waals surface area (Å²) in [5.41, 5.74) is 5.60. The lowest BCUT2D eigenvalue weighted by molar-refractivity contribution is -0.132. The number of H-pyrrole nitrogens is 1. The molecule has 6 nitrogen and oxygen atoms in total. The van der Waals surface area contributed by atoms with Crippen molar-refractivity contribution in [3.63, 3.8) is 0 Å². The molecule has 6 heteroatoms. The Bertz CT molecular complexity index is 967. The van der Waals surface area contributed by atoms with E-state index in [1.54, 1.807) is 13.3 Å². The number of pyridine rings is 1. The van der Waals surface area contributed by atoms with E-state index < -0.39 is 0 Å². The first-order valence-corrected chi connectivity index (χ1v) is 10.6. The van der Waals surface area contributed by atoms with Gasteiger partial charge >= 0.3 is 0 Å². The van der Waals surface area contributed by atoms with Crippen molar-refractivity contribution in [1.29, 1.82) is 0 Å². The third kappa shape index (κ3) is 4.87. The van der Waals surface area contributed by atoms with E-state index in [1.165, 1.54) is 24.1 Å². The molecular formula is C24H28N4O2. The van der Waals surface area contributed by atoms with E-state index in [9.17, 15) is 4.79 Å². The van der Waals surface area contributed by atoms with Gasteiger partial charge in [0.15, 0.2) is 0 Å². The molecule has 0 unspecified atom stereocenters. The van der Waals surface area contributed by atoms with Crippen molar-refractivity contribution in [2.75, 3.05) is 7.11 Å². The highest BCUT2D eigenvalue weighted by Crippen LogP contribution is 2.23. The number of nitrogens with zero attached hydrogens (tertiary/aromatic N) is 3. The van der Waals surface area contributed by atoms with Crippen LogP contribution in [0.2, 0.25) is 0 Å². The molecule has 0 radical (unpaired) electrons. The molecule has 4 rings (SSSR count). The predicted octanol–water partition coefficient (Wildman–Crippen LogP) is 3.85. The Hall–Kier alpha value is -3.15. The number of carbonyl (C=O) groups excluding carboxylic acids is 1. The standard InChI is InChI=1S/C24H28N4O2/c1-30-20-11-9-18(10-12-20)16-28(17-19-6-4-5-15-25-19)24(29)14-13-23-21-7-2-3-8-22(21)26-27-23/h4-6,9-12,15H,2-3,7-8,13-14,16-17H2,1H3,(H,26,27). The van der Waals surface area contributed by atoms with Gasteiger partial charge in [0.05, 0.1) is 25.0 Å². The van der Waals surface area contributed by atoms with E-state index in [0.717, 1.165) is 35.5 Å². The number of ether oxygens (including phenoxy) is 1. The molecule has 1 aromatic carbocycles. The van der Waals surface area contributed by atoms with Gasteiger partial charge in [-0.15, -0.1) is 0 Å². The molecule has 1 aliphatic carbocycles. The van der Waals surface area contributed by atoms with Gasteiger partial charge in [0.2, 0.25) is 5.91 Å². The number of carbonyl (C=O) groups is 1. The molecule has 3 aromatic rings. The number of fused-ring (bicyclic) bond motifs is 1. The fourth-order valence-corrected chi connectivity index (χ4v) is 4.01. The Morgan fingerprint density at radius 2 is 1.93 bits per heavy atom. The molecule has 156 valence electrons. The van der Waals surface area contributed by atoms with Crippen LogP contribution >= 0.6 is 0 Å². The lowest BCUT2D eigenvalue weighted by Crippen LogP contribution is -2.30. The largest absolute Gasteiger partial charge is 0.497 e. The molecule has 0 bridgehead atoms. The van der Waals surface area contributed by atoms with Gasteiger partial charge in [-0.1, -0.05) is 18.2 Å². The van der Waals surface area contributed by atoms with Crippen LogP contribution in [-0.2, 0) is 37.1 Å². The maximum atomic E-state index is 13.2. The minimum atomic E-state index is 0.115. The molecule has 2 aromatic heterocycles. The SMILES string of the molecule is COc1ccc(CN(Cc2ccccn2)C(=O)CCc2n[nH]c3c2CCCC3)cc1. The lowest BCUT2D eigenvalue weighted by atomic mass is 9.94. The first-order valence-electron chi connectivity index (χ1n) is 10.6. The van der Waals surface area contributed by atoms with Crippen LogP contribution in [0.15, 0.2) is 48.7 Å². The molecule has 0 atom stereocenters. The van der Waals surface area contributed by atoms with Crippen molar-refractivity contribution >= 4 is 5.91 Å². The number of methoxy groups -OCH3 is 1. The average molecular weight is 405 g/mol. The summed E-state index contributed by atoms with van der Waals surface area (Å²) in [6.45, 7) is 1.03. The van der Waals surface area contributed by atoms with Gasteiger partial charge in [-0.2, -0.15) is 5.10 Å². The quantitative estimate of drug-likeness (QED) is 0.619. The van der Waals surface area contributed by atoms with E-state index in [0.29, 0.717) is 25.9 Å². The van der Waals surface area contributed by atoms with Crippen molar-refractivity contribution in [1.82, 2.24) is 20.1 Å². The summed E-state index contributed by atoms with van der Waals surface area (Å²) in [6.07, 6.45) is 7.44. The normalized spacial score (nSPS) is 13.0. The Balaban J connectivity index is 1.46. The Kier molecular flexibility index (Phi) is 6.42. The van der Waals surface area contributed by atoms with Crippen LogP contribution in [-0.4, -0.2) is 33.1 Å². The monoisotopic (exact) mass is 404 g/mol. The van der Waals surface area contributed by atoms with Crippen LogP contribution in [0, 0.1) is 0 Å². The number of rotatable bonds is 8. The van der Waals surface area contributed by atoms with Crippen LogP contribution in [0.25, 0.3) is 0 Å². The highest BCUT2D eigenvalue weighted by Gasteiger charge is 2.20. The molecule has 0 saturated heterocycles. The number of hydrogen-bond donors (Lipinski definition) is 1. The van der Waals surface area contributed by atoms with E-state index in [1.807, 2.05) is 47.4 Å². The fourth-order valence-electron chi connectivity index (χ4n) is 4.01. The lowest BCUT2D eigenvalue weighted by Gasteiger charge is -2.23. The van der Waals surface area contributed by atoms with Crippen molar-refractivity contribution in [3.8, 4) is 5.75 Å². The summed E-state index contributed by atoms with van der Waals surface area (Å²) in [6, 6.07) is 13.7. The summed E-state index contributed by atoms with van der Waals surface area (Å²) in [5, 5.41) is 7.67. The molecule has 0 aliphatic heterocycles. The summed E-state index contributed by atoms with van der Waals surface area (Å²) in [5.74, 6) is 0.925. The average Bonchev–Trinajstić information content (AvgIpc) is 3.21. The van der Waals surface area contributed by atoms with Gasteiger partial charge in [0.25, 0.3) is 0 Å². The third-order valence-corrected chi connectivity index (χ3v) is 5.68. The summed E-state index contributed by atoms with van der Waals surface area (Å²) >= 11 is 0. The number of aromatic amines is 1. The Morgan fingerprint density at radius 3 is 2.70 bits per heavy atom. The minimum Gasteiger partial charge on any atom is -0.497 e. The van der Waals surface area contributed by atoms with Crippen molar-refractivity contribution in [3.05, 3.63) is 76.9 Å². The number of nitrogens with one attached hydrogen (secondary N) is 1. The summed E-state index contributed by atoms with van der Waals surface area (Å²) < 4.78 is 5.24. The first-order chi connectivity index (χ1) is 14.7. The summed E-state index contributed by atoms with van der Waals surface area (Å²) in [4.78, 5) is 19.5. The molecule has 2 heterocycles. The fraction of sp³-hybridized carbons (Fsp3) is 0.375. The third-order valence-electron chi connectivity index (χ3n) is 5.68. The van der Waals surface area contributed by atoms with Gasteiger partial charge in [-0.3, -0.25) is 14.9 Å². The highest BCUT2D eigenvalue weighted by atomic mass is 16.5. The van der Waals surface area contributed by atoms with Crippen molar-refractivity contribution < 1.29 is 9.53 Å². The van der Waals surface area contributed by atoms with E-state index in [2.05, 4.69) is 15.2 Å². The van der Waals surface area contributed by atoms with Crippen LogP contribution in [0.3, 0.4) is 0 Å². The maximum absolute atomic E-state index is 13.2. The van der Waals surface area contributed by atoms with E-state index in [4.69, 9.17) is 4.74 Å². The van der Waals surface area contributed by atoms with Gasteiger partial charge in [0.1, 0.15) is 5.75 Å². The smallest absolute Gasteiger partial charge is 0.223 e. The molecule has 30 heavy (non-hydrogen) atoms. The van der Waals surface area contributed by atoms with E-state index in [-0.39, 0.29) is 5.91 Å². The summed E-state index contributed by atoms with van der Waals surface area (Å²) in [7, 11) is 1.65. The van der Waals surface area contributed by atoms with Gasteiger partial charge in [-0.25, -0.2) is 0 Å². The number of amides is 1. The zero-order valence-electron chi connectivity index (χ0n) is 17.4. The van der Waals surface area contributed by atoms with Crippen LogP contribution in [0.5, 0.6) is 5.75 Å². The van der Waals surface area contributed by atoms with Crippen molar-refractivity contribution in [2.45, 2.75) is 51.6 Å². The minimum absolute atomic E-state index is 0.115. The second-order valence-corrected chi connectivity index (χ2v) is 7.75. The van der Waals surface area contributed by atoms with Crippen molar-refractivity contribution in [2.24, 2.45) is 0 Å². The maximum Gasteiger partial charge on any atom is 0.223 e. The first kappa shape index (κ1) is 20.1. The Morgan fingerprint density at radius 1 is 1.10 bits per heavy atom. The molecular weight excluding hydrogens is 376 g/mol. The molecule has 0 spiro atoms. The number of aryl methyl sites for hydroxylation is 2. The van der Waals surface area contributed by atoms with Gasteiger partial charge < -0.3 is 9.64 Å². The zero-order valence-corrected chi connectivity index (χ0v) is 17.4.